The van der Waals surface area contributed by atoms with E-state index in [1.54, 1.807) is 11.3 Å². The van der Waals surface area contributed by atoms with Gasteiger partial charge in [0.2, 0.25) is 5.91 Å². The SMILES string of the molecule is Cc1nc(CN2CC[C@H]3OCC(=O)N(C)[C@H]3C2)cs1. The van der Waals surface area contributed by atoms with Crippen molar-refractivity contribution >= 4 is 17.2 Å². The number of aromatic nitrogens is 1. The van der Waals surface area contributed by atoms with Crippen LogP contribution in [0.25, 0.3) is 0 Å². The van der Waals surface area contributed by atoms with Crippen LogP contribution in [-0.2, 0) is 16.1 Å². The molecule has 2 fully saturated rings. The Morgan fingerprint density at radius 1 is 1.58 bits per heavy atom. The van der Waals surface area contributed by atoms with Gasteiger partial charge in [-0.1, -0.05) is 0 Å². The van der Waals surface area contributed by atoms with Gasteiger partial charge in [-0.2, -0.15) is 0 Å². The fourth-order valence-corrected chi connectivity index (χ4v) is 3.46. The second-order valence-electron chi connectivity index (χ2n) is 5.30. The Kier molecular flexibility index (Phi) is 3.56. The number of hydrogen-bond acceptors (Lipinski definition) is 5. The lowest BCUT2D eigenvalue weighted by Gasteiger charge is -2.45. The molecule has 19 heavy (non-hydrogen) atoms. The van der Waals surface area contributed by atoms with Crippen LogP contribution in [0.1, 0.15) is 17.1 Å². The number of carbonyl (C=O) groups excluding carboxylic acids is 1. The van der Waals surface area contributed by atoms with Gasteiger partial charge in [-0.15, -0.1) is 11.3 Å². The maximum Gasteiger partial charge on any atom is 0.248 e. The first kappa shape index (κ1) is 13.0. The van der Waals surface area contributed by atoms with Crippen LogP contribution >= 0.6 is 11.3 Å². The van der Waals surface area contributed by atoms with Crippen molar-refractivity contribution in [2.45, 2.75) is 32.0 Å². The third-order valence-corrected chi connectivity index (χ3v) is 4.79. The Balaban J connectivity index is 1.65. The molecule has 6 heteroatoms. The van der Waals surface area contributed by atoms with Gasteiger partial charge in [0, 0.05) is 32.1 Å². The van der Waals surface area contributed by atoms with Gasteiger partial charge in [-0.3, -0.25) is 9.69 Å². The van der Waals surface area contributed by atoms with E-state index in [0.29, 0.717) is 0 Å². The van der Waals surface area contributed by atoms with Crippen molar-refractivity contribution in [2.24, 2.45) is 0 Å². The number of amides is 1. The van der Waals surface area contributed by atoms with E-state index in [2.05, 4.69) is 15.3 Å². The molecule has 0 aliphatic carbocycles. The molecule has 2 aliphatic rings. The molecule has 2 aliphatic heterocycles. The molecule has 104 valence electrons. The standard InChI is InChI=1S/C13H19N3O2S/c1-9-14-10(8-19-9)5-16-4-3-12-11(6-16)15(2)13(17)7-18-12/h8,11-12H,3-7H2,1-2H3/t11-,12+/m0/s1. The zero-order chi connectivity index (χ0) is 13.4. The summed E-state index contributed by atoms with van der Waals surface area (Å²) in [5.74, 6) is 0.0904. The highest BCUT2D eigenvalue weighted by Crippen LogP contribution is 2.23. The Morgan fingerprint density at radius 2 is 2.42 bits per heavy atom. The first-order chi connectivity index (χ1) is 9.13. The molecule has 0 N–H and O–H groups in total. The van der Waals surface area contributed by atoms with Crippen molar-refractivity contribution in [1.29, 1.82) is 0 Å². The summed E-state index contributed by atoms with van der Waals surface area (Å²) in [7, 11) is 1.89. The van der Waals surface area contributed by atoms with Crippen LogP contribution in [0.2, 0.25) is 0 Å². The molecule has 3 rings (SSSR count). The number of aryl methyl sites for hydroxylation is 1. The van der Waals surface area contributed by atoms with Crippen LogP contribution in [0.5, 0.6) is 0 Å². The van der Waals surface area contributed by atoms with E-state index < -0.39 is 0 Å². The summed E-state index contributed by atoms with van der Waals surface area (Å²) in [6, 6.07) is 0.190. The van der Waals surface area contributed by atoms with E-state index in [1.165, 1.54) is 0 Å². The number of morpholine rings is 1. The number of rotatable bonds is 2. The zero-order valence-electron chi connectivity index (χ0n) is 11.3. The van der Waals surface area contributed by atoms with Gasteiger partial charge in [-0.05, 0) is 13.3 Å². The highest BCUT2D eigenvalue weighted by molar-refractivity contribution is 7.09. The fourth-order valence-electron chi connectivity index (χ4n) is 2.86. The van der Waals surface area contributed by atoms with E-state index in [1.807, 2.05) is 18.9 Å². The van der Waals surface area contributed by atoms with Gasteiger partial charge in [0.1, 0.15) is 6.61 Å². The molecule has 1 amide bonds. The Morgan fingerprint density at radius 3 is 3.16 bits per heavy atom. The topological polar surface area (TPSA) is 45.7 Å². The van der Waals surface area contributed by atoms with Crippen molar-refractivity contribution in [1.82, 2.24) is 14.8 Å². The Hall–Kier alpha value is -0.980. The van der Waals surface area contributed by atoms with Gasteiger partial charge in [0.15, 0.2) is 0 Å². The minimum absolute atomic E-state index is 0.0904. The van der Waals surface area contributed by atoms with Crippen LogP contribution in [-0.4, -0.2) is 59.6 Å². The predicted octanol–water partition coefficient (Wildman–Crippen LogP) is 0.883. The minimum Gasteiger partial charge on any atom is -0.366 e. The van der Waals surface area contributed by atoms with E-state index in [-0.39, 0.29) is 24.7 Å². The first-order valence-corrected chi connectivity index (χ1v) is 7.52. The van der Waals surface area contributed by atoms with E-state index >= 15 is 0 Å². The Labute approximate surface area is 117 Å². The number of likely N-dealkylation sites (N-methyl/N-ethyl adjacent to an activating group) is 1. The van der Waals surface area contributed by atoms with Crippen molar-refractivity contribution in [2.75, 3.05) is 26.7 Å². The molecule has 0 saturated carbocycles. The van der Waals surface area contributed by atoms with Crippen molar-refractivity contribution < 1.29 is 9.53 Å². The van der Waals surface area contributed by atoms with Gasteiger partial charge in [0.05, 0.1) is 22.8 Å². The number of likely N-dealkylation sites (tertiary alicyclic amines) is 1. The third-order valence-electron chi connectivity index (χ3n) is 3.97. The fraction of sp³-hybridized carbons (Fsp3) is 0.692. The molecule has 0 unspecified atom stereocenters. The van der Waals surface area contributed by atoms with Gasteiger partial charge < -0.3 is 9.64 Å². The highest BCUT2D eigenvalue weighted by Gasteiger charge is 2.38. The summed E-state index contributed by atoms with van der Waals surface area (Å²) < 4.78 is 5.64. The van der Waals surface area contributed by atoms with Gasteiger partial charge >= 0.3 is 0 Å². The van der Waals surface area contributed by atoms with Crippen molar-refractivity contribution in [3.8, 4) is 0 Å². The molecule has 1 aromatic heterocycles. The first-order valence-electron chi connectivity index (χ1n) is 6.64. The van der Waals surface area contributed by atoms with E-state index in [4.69, 9.17) is 4.74 Å². The molecular weight excluding hydrogens is 262 g/mol. The average Bonchev–Trinajstić information content (AvgIpc) is 2.80. The van der Waals surface area contributed by atoms with Gasteiger partial charge in [-0.25, -0.2) is 4.98 Å². The minimum atomic E-state index is 0.0904. The van der Waals surface area contributed by atoms with Crippen LogP contribution in [0.4, 0.5) is 0 Å². The normalized spacial score (nSPS) is 28.5. The van der Waals surface area contributed by atoms with Crippen molar-refractivity contribution in [3.05, 3.63) is 16.1 Å². The summed E-state index contributed by atoms with van der Waals surface area (Å²) >= 11 is 1.69. The van der Waals surface area contributed by atoms with Gasteiger partial charge in [0.25, 0.3) is 0 Å². The van der Waals surface area contributed by atoms with Crippen molar-refractivity contribution in [3.63, 3.8) is 0 Å². The number of hydrogen-bond donors (Lipinski definition) is 0. The molecule has 0 spiro atoms. The van der Waals surface area contributed by atoms with Crippen LogP contribution < -0.4 is 0 Å². The lowest BCUT2D eigenvalue weighted by Crippen LogP contribution is -2.60. The maximum atomic E-state index is 11.7. The Bertz CT molecular complexity index is 476. The summed E-state index contributed by atoms with van der Waals surface area (Å²) in [5, 5.41) is 3.23. The monoisotopic (exact) mass is 281 g/mol. The quantitative estimate of drug-likeness (QED) is 0.807. The molecule has 2 saturated heterocycles. The zero-order valence-corrected chi connectivity index (χ0v) is 12.2. The number of fused-ring (bicyclic) bond motifs is 1. The highest BCUT2D eigenvalue weighted by atomic mass is 32.1. The molecule has 2 atom stereocenters. The third kappa shape index (κ3) is 2.66. The summed E-state index contributed by atoms with van der Waals surface area (Å²) in [4.78, 5) is 20.4. The number of thiazole rings is 1. The number of carbonyl (C=O) groups is 1. The molecule has 0 radical (unpaired) electrons. The summed E-state index contributed by atoms with van der Waals surface area (Å²) in [6.45, 7) is 5.03. The second-order valence-corrected chi connectivity index (χ2v) is 6.37. The molecule has 1 aromatic rings. The van der Waals surface area contributed by atoms with E-state index in [0.717, 1.165) is 36.8 Å². The summed E-state index contributed by atoms with van der Waals surface area (Å²) in [6.07, 6.45) is 1.20. The largest absolute Gasteiger partial charge is 0.366 e. The number of ether oxygens (including phenoxy) is 1. The van der Waals surface area contributed by atoms with Crippen LogP contribution in [0, 0.1) is 6.92 Å². The average molecular weight is 281 g/mol. The number of nitrogens with zero attached hydrogens (tertiary/aromatic N) is 3. The second kappa shape index (κ2) is 5.19. The lowest BCUT2D eigenvalue weighted by molar-refractivity contribution is -0.160. The lowest BCUT2D eigenvalue weighted by atomic mass is 9.99. The maximum absolute atomic E-state index is 11.7. The number of piperidine rings is 1. The molecule has 5 nitrogen and oxygen atoms in total. The summed E-state index contributed by atoms with van der Waals surface area (Å²) in [5.41, 5.74) is 1.13. The smallest absolute Gasteiger partial charge is 0.248 e. The molecule has 3 heterocycles. The van der Waals surface area contributed by atoms with E-state index in [9.17, 15) is 4.79 Å². The van der Waals surface area contributed by atoms with Crippen LogP contribution in [0.15, 0.2) is 5.38 Å². The molecule has 0 bridgehead atoms. The molecule has 0 aromatic carbocycles. The van der Waals surface area contributed by atoms with Crippen LogP contribution in [0.3, 0.4) is 0 Å². The predicted molar refractivity (Wildman–Crippen MR) is 73.0 cm³/mol. The molecular formula is C13H19N3O2S.